The third kappa shape index (κ3) is 3.96. The summed E-state index contributed by atoms with van der Waals surface area (Å²) in [6.45, 7) is 4.51. The van der Waals surface area contributed by atoms with Crippen LogP contribution in [-0.2, 0) is 4.79 Å². The normalized spacial score (nSPS) is 23.0. The fourth-order valence-electron chi connectivity index (χ4n) is 2.75. The smallest absolute Gasteiger partial charge is 0.136 e. The van der Waals surface area contributed by atoms with Crippen LogP contribution in [0.4, 0.5) is 0 Å². The number of hydrogen-bond acceptors (Lipinski definition) is 1. The van der Waals surface area contributed by atoms with Gasteiger partial charge in [0, 0.05) is 24.3 Å². The predicted octanol–water partition coefficient (Wildman–Crippen LogP) is 4.07. The van der Waals surface area contributed by atoms with Crippen molar-refractivity contribution in [1.82, 2.24) is 0 Å². The highest BCUT2D eigenvalue weighted by molar-refractivity contribution is 5.82. The van der Waals surface area contributed by atoms with Crippen molar-refractivity contribution in [2.45, 2.75) is 39.5 Å². The molecule has 0 heterocycles. The molecule has 19 heavy (non-hydrogen) atoms. The number of rotatable bonds is 2. The molecule has 0 bridgehead atoms. The first-order chi connectivity index (χ1) is 9.16. The van der Waals surface area contributed by atoms with Gasteiger partial charge >= 0.3 is 0 Å². The molecule has 100 valence electrons. The van der Waals surface area contributed by atoms with E-state index < -0.39 is 0 Å². The predicted molar refractivity (Wildman–Crippen MR) is 78.6 cm³/mol. The molecule has 0 saturated heterocycles. The molecule has 2 atom stereocenters. The van der Waals surface area contributed by atoms with Crippen molar-refractivity contribution in [1.29, 1.82) is 0 Å². The minimum absolute atomic E-state index is 0.164. The quantitative estimate of drug-likeness (QED) is 0.727. The van der Waals surface area contributed by atoms with Crippen molar-refractivity contribution in [2.24, 2.45) is 17.8 Å². The average Bonchev–Trinajstić information content (AvgIpc) is 2.42. The van der Waals surface area contributed by atoms with Gasteiger partial charge in [0.15, 0.2) is 0 Å². The maximum absolute atomic E-state index is 11.9. The summed E-state index contributed by atoms with van der Waals surface area (Å²) in [7, 11) is 0. The van der Waals surface area contributed by atoms with E-state index in [9.17, 15) is 4.79 Å². The van der Waals surface area contributed by atoms with E-state index in [0.29, 0.717) is 17.6 Å². The lowest BCUT2D eigenvalue weighted by Crippen LogP contribution is -2.27. The molecule has 2 rings (SSSR count). The number of hydrogen-bond donors (Lipinski definition) is 0. The number of benzene rings is 1. The van der Waals surface area contributed by atoms with Crippen molar-refractivity contribution >= 4 is 5.78 Å². The second-order valence-corrected chi connectivity index (χ2v) is 5.81. The standard InChI is InChI=1S/C18H22O/c1-14(2)16-11-12-18(19)17(13-16)10-6-9-15-7-4-3-5-8-15/h3-5,7-8,14,16-17H,10-13H2,1-2H3. The van der Waals surface area contributed by atoms with Gasteiger partial charge in [-0.25, -0.2) is 0 Å². The maximum Gasteiger partial charge on any atom is 0.136 e. The lowest BCUT2D eigenvalue weighted by molar-refractivity contribution is -0.125. The van der Waals surface area contributed by atoms with Crippen molar-refractivity contribution in [3.63, 3.8) is 0 Å². The Balaban J connectivity index is 1.94. The first-order valence-corrected chi connectivity index (χ1v) is 7.23. The molecule has 1 aromatic rings. The van der Waals surface area contributed by atoms with E-state index in [4.69, 9.17) is 0 Å². The fraction of sp³-hybridized carbons (Fsp3) is 0.500. The monoisotopic (exact) mass is 254 g/mol. The zero-order chi connectivity index (χ0) is 13.7. The van der Waals surface area contributed by atoms with Gasteiger partial charge in [-0.1, -0.05) is 43.9 Å². The van der Waals surface area contributed by atoms with Crippen LogP contribution in [0.3, 0.4) is 0 Å². The molecule has 1 aliphatic carbocycles. The molecule has 1 saturated carbocycles. The molecular weight excluding hydrogens is 232 g/mol. The largest absolute Gasteiger partial charge is 0.299 e. The van der Waals surface area contributed by atoms with Gasteiger partial charge in [0.2, 0.25) is 0 Å². The Hall–Kier alpha value is -1.55. The van der Waals surface area contributed by atoms with Crippen LogP contribution in [0.2, 0.25) is 0 Å². The second kappa shape index (κ2) is 6.57. The summed E-state index contributed by atoms with van der Waals surface area (Å²) in [5.74, 6) is 8.30. The Morgan fingerprint density at radius 3 is 2.68 bits per heavy atom. The van der Waals surface area contributed by atoms with E-state index in [-0.39, 0.29) is 5.92 Å². The van der Waals surface area contributed by atoms with Gasteiger partial charge in [-0.05, 0) is 36.8 Å². The minimum Gasteiger partial charge on any atom is -0.299 e. The maximum atomic E-state index is 11.9. The van der Waals surface area contributed by atoms with Gasteiger partial charge in [-0.3, -0.25) is 4.79 Å². The van der Waals surface area contributed by atoms with Gasteiger partial charge in [-0.2, -0.15) is 0 Å². The highest BCUT2D eigenvalue weighted by atomic mass is 16.1. The van der Waals surface area contributed by atoms with Crippen LogP contribution in [0.5, 0.6) is 0 Å². The Kier molecular flexibility index (Phi) is 4.80. The molecule has 1 fully saturated rings. The Morgan fingerprint density at radius 1 is 1.26 bits per heavy atom. The summed E-state index contributed by atoms with van der Waals surface area (Å²) in [5, 5.41) is 0. The van der Waals surface area contributed by atoms with Crippen molar-refractivity contribution in [2.75, 3.05) is 0 Å². The molecule has 1 aromatic carbocycles. The minimum atomic E-state index is 0.164. The first kappa shape index (κ1) is 13.9. The molecule has 0 N–H and O–H groups in total. The summed E-state index contributed by atoms with van der Waals surface area (Å²) in [4.78, 5) is 11.9. The van der Waals surface area contributed by atoms with Gasteiger partial charge in [-0.15, -0.1) is 0 Å². The van der Waals surface area contributed by atoms with E-state index in [2.05, 4.69) is 25.7 Å². The average molecular weight is 254 g/mol. The topological polar surface area (TPSA) is 17.1 Å². The Morgan fingerprint density at radius 2 is 2.00 bits per heavy atom. The van der Waals surface area contributed by atoms with Crippen molar-refractivity contribution in [3.8, 4) is 11.8 Å². The summed E-state index contributed by atoms with van der Waals surface area (Å²) in [5.41, 5.74) is 1.03. The third-order valence-electron chi connectivity index (χ3n) is 4.10. The number of carbonyl (C=O) groups is 1. The van der Waals surface area contributed by atoms with Crippen LogP contribution >= 0.6 is 0 Å². The van der Waals surface area contributed by atoms with E-state index in [1.165, 1.54) is 0 Å². The van der Waals surface area contributed by atoms with Gasteiger partial charge in [0.1, 0.15) is 5.78 Å². The van der Waals surface area contributed by atoms with Crippen molar-refractivity contribution in [3.05, 3.63) is 35.9 Å². The van der Waals surface area contributed by atoms with Crippen LogP contribution in [0.15, 0.2) is 30.3 Å². The summed E-state index contributed by atoms with van der Waals surface area (Å²) in [6.07, 6.45) is 3.57. The lowest BCUT2D eigenvalue weighted by Gasteiger charge is -2.29. The molecule has 0 amide bonds. The Labute approximate surface area is 116 Å². The number of Topliss-reactive ketones (excluding diaryl/α,β-unsaturated/α-hetero) is 1. The second-order valence-electron chi connectivity index (χ2n) is 5.81. The summed E-state index contributed by atoms with van der Waals surface area (Å²) >= 11 is 0. The molecule has 0 radical (unpaired) electrons. The number of ketones is 1. The molecule has 0 spiro atoms. The first-order valence-electron chi connectivity index (χ1n) is 7.23. The number of carbonyl (C=O) groups excluding carboxylic acids is 1. The van der Waals surface area contributed by atoms with E-state index >= 15 is 0 Å². The van der Waals surface area contributed by atoms with Crippen molar-refractivity contribution < 1.29 is 4.79 Å². The lowest BCUT2D eigenvalue weighted by atomic mass is 9.74. The Bertz CT molecular complexity index is 475. The molecule has 1 heteroatoms. The van der Waals surface area contributed by atoms with Crippen LogP contribution in [-0.4, -0.2) is 5.78 Å². The molecular formula is C18H22O. The zero-order valence-electron chi connectivity index (χ0n) is 11.9. The van der Waals surface area contributed by atoms with Gasteiger partial charge in [0.25, 0.3) is 0 Å². The molecule has 1 nitrogen and oxygen atoms in total. The highest BCUT2D eigenvalue weighted by Crippen LogP contribution is 2.32. The van der Waals surface area contributed by atoms with E-state index in [1.807, 2.05) is 30.3 Å². The SMILES string of the molecule is CC(C)C1CCC(=O)C(CC#Cc2ccccc2)C1. The van der Waals surface area contributed by atoms with Gasteiger partial charge in [0.05, 0.1) is 0 Å². The van der Waals surface area contributed by atoms with Crippen LogP contribution < -0.4 is 0 Å². The summed E-state index contributed by atoms with van der Waals surface area (Å²) < 4.78 is 0. The van der Waals surface area contributed by atoms with Crippen LogP contribution in [0.25, 0.3) is 0 Å². The van der Waals surface area contributed by atoms with E-state index in [0.717, 1.165) is 31.2 Å². The van der Waals surface area contributed by atoms with Crippen LogP contribution in [0.1, 0.15) is 45.1 Å². The zero-order valence-corrected chi connectivity index (χ0v) is 11.9. The molecule has 2 unspecified atom stereocenters. The molecule has 0 aromatic heterocycles. The van der Waals surface area contributed by atoms with Gasteiger partial charge < -0.3 is 0 Å². The third-order valence-corrected chi connectivity index (χ3v) is 4.10. The highest BCUT2D eigenvalue weighted by Gasteiger charge is 2.29. The summed E-state index contributed by atoms with van der Waals surface area (Å²) in [6, 6.07) is 9.98. The van der Waals surface area contributed by atoms with Crippen LogP contribution in [0, 0.1) is 29.6 Å². The molecule has 1 aliphatic rings. The molecule has 0 aliphatic heterocycles. The van der Waals surface area contributed by atoms with E-state index in [1.54, 1.807) is 0 Å². The fourth-order valence-corrected chi connectivity index (χ4v) is 2.75.